The minimum Gasteiger partial charge on any atom is -0.314 e. The number of hydrogen-bond donors (Lipinski definition) is 1. The first kappa shape index (κ1) is 16.5. The maximum atomic E-state index is 3.53. The molecule has 1 aliphatic rings. The Bertz CT molecular complexity index is 427. The Morgan fingerprint density at radius 1 is 1.19 bits per heavy atom. The van der Waals surface area contributed by atoms with E-state index < -0.39 is 0 Å². The molecule has 0 aromatic heterocycles. The third-order valence-electron chi connectivity index (χ3n) is 4.71. The molecule has 2 unspecified atom stereocenters. The summed E-state index contributed by atoms with van der Waals surface area (Å²) in [6, 6.07) is 10.3. The number of nitrogens with zero attached hydrogens (tertiary/aromatic N) is 1. The Labute approximate surface area is 130 Å². The van der Waals surface area contributed by atoms with Crippen molar-refractivity contribution in [2.45, 2.75) is 65.6 Å². The Hall–Kier alpha value is -0.860. The van der Waals surface area contributed by atoms with Gasteiger partial charge in [0.2, 0.25) is 0 Å². The minimum atomic E-state index is 0.570. The Balaban J connectivity index is 1.96. The molecular weight excluding hydrogens is 256 g/mol. The third-order valence-corrected chi connectivity index (χ3v) is 4.71. The van der Waals surface area contributed by atoms with Crippen LogP contribution in [0.1, 0.15) is 51.7 Å². The molecule has 1 N–H and O–H groups in total. The highest BCUT2D eigenvalue weighted by Crippen LogP contribution is 2.24. The molecule has 1 aromatic carbocycles. The molecule has 0 spiro atoms. The van der Waals surface area contributed by atoms with Crippen LogP contribution in [0, 0.1) is 5.92 Å². The maximum Gasteiger partial charge on any atom is 0.0239 e. The highest BCUT2D eigenvalue weighted by Gasteiger charge is 2.23. The predicted molar refractivity (Wildman–Crippen MR) is 91.6 cm³/mol. The number of rotatable bonds is 6. The van der Waals surface area contributed by atoms with E-state index in [4.69, 9.17) is 0 Å². The summed E-state index contributed by atoms with van der Waals surface area (Å²) in [6.07, 6.45) is 3.82. The van der Waals surface area contributed by atoms with Gasteiger partial charge in [-0.1, -0.05) is 45.0 Å². The summed E-state index contributed by atoms with van der Waals surface area (Å²) in [6.45, 7) is 12.6. The molecule has 0 amide bonds. The molecule has 1 aromatic rings. The van der Waals surface area contributed by atoms with Gasteiger partial charge in [0.25, 0.3) is 0 Å². The average Bonchev–Trinajstić information content (AvgIpc) is 2.43. The van der Waals surface area contributed by atoms with Gasteiger partial charge >= 0.3 is 0 Å². The zero-order valence-electron chi connectivity index (χ0n) is 14.2. The molecule has 2 nitrogen and oxygen atoms in total. The minimum absolute atomic E-state index is 0.570. The smallest absolute Gasteiger partial charge is 0.0239 e. The quantitative estimate of drug-likeness (QED) is 0.855. The van der Waals surface area contributed by atoms with Crippen LogP contribution in [0.3, 0.4) is 0 Å². The Morgan fingerprint density at radius 2 is 1.90 bits per heavy atom. The summed E-state index contributed by atoms with van der Waals surface area (Å²) in [5, 5.41) is 3.53. The van der Waals surface area contributed by atoms with Gasteiger partial charge in [-0.3, -0.25) is 4.90 Å². The summed E-state index contributed by atoms with van der Waals surface area (Å²) < 4.78 is 0. The van der Waals surface area contributed by atoms with E-state index in [9.17, 15) is 0 Å². The van der Waals surface area contributed by atoms with Crippen LogP contribution in [-0.2, 0) is 13.0 Å². The SMILES string of the molecule is CC1CCN(Cc2ccccc2CCNC(C)C)C(C)C1. The van der Waals surface area contributed by atoms with Gasteiger partial charge < -0.3 is 5.32 Å². The van der Waals surface area contributed by atoms with Crippen LogP contribution in [0.2, 0.25) is 0 Å². The Kier molecular flexibility index (Phi) is 6.25. The highest BCUT2D eigenvalue weighted by molar-refractivity contribution is 5.27. The second kappa shape index (κ2) is 7.95. The van der Waals surface area contributed by atoms with E-state index in [1.807, 2.05) is 0 Å². The van der Waals surface area contributed by atoms with E-state index in [-0.39, 0.29) is 0 Å². The van der Waals surface area contributed by atoms with Gasteiger partial charge in [-0.05, 0) is 56.3 Å². The summed E-state index contributed by atoms with van der Waals surface area (Å²) in [5.41, 5.74) is 3.03. The summed E-state index contributed by atoms with van der Waals surface area (Å²) in [4.78, 5) is 2.66. The molecule has 1 heterocycles. The monoisotopic (exact) mass is 288 g/mol. The van der Waals surface area contributed by atoms with Crippen LogP contribution in [0.5, 0.6) is 0 Å². The van der Waals surface area contributed by atoms with Crippen molar-refractivity contribution >= 4 is 0 Å². The van der Waals surface area contributed by atoms with E-state index in [0.717, 1.165) is 31.5 Å². The second-order valence-electron chi connectivity index (χ2n) is 7.08. The van der Waals surface area contributed by atoms with E-state index in [0.29, 0.717) is 6.04 Å². The summed E-state index contributed by atoms with van der Waals surface area (Å²) in [5.74, 6) is 0.890. The first-order valence-corrected chi connectivity index (χ1v) is 8.60. The molecular formula is C19H32N2. The fourth-order valence-corrected chi connectivity index (χ4v) is 3.36. The largest absolute Gasteiger partial charge is 0.314 e. The molecule has 0 aliphatic carbocycles. The van der Waals surface area contributed by atoms with Crippen LogP contribution in [-0.4, -0.2) is 30.1 Å². The number of benzene rings is 1. The predicted octanol–water partition coefficient (Wildman–Crippen LogP) is 3.85. The molecule has 1 fully saturated rings. The van der Waals surface area contributed by atoms with Gasteiger partial charge in [-0.15, -0.1) is 0 Å². The lowest BCUT2D eigenvalue weighted by Gasteiger charge is -2.37. The standard InChI is InChI=1S/C19H32N2/c1-15(2)20-11-9-18-7-5-6-8-19(18)14-21-12-10-16(3)13-17(21)4/h5-8,15-17,20H,9-14H2,1-4H3. The number of nitrogens with one attached hydrogen (secondary N) is 1. The topological polar surface area (TPSA) is 15.3 Å². The van der Waals surface area contributed by atoms with E-state index in [2.05, 4.69) is 62.2 Å². The molecule has 2 rings (SSSR count). The average molecular weight is 288 g/mol. The van der Waals surface area contributed by atoms with Crippen molar-refractivity contribution in [1.29, 1.82) is 0 Å². The van der Waals surface area contributed by atoms with Crippen molar-refractivity contribution in [3.8, 4) is 0 Å². The molecule has 2 heteroatoms. The first-order chi connectivity index (χ1) is 10.1. The molecule has 118 valence electrons. The van der Waals surface area contributed by atoms with Gasteiger partial charge in [0.15, 0.2) is 0 Å². The second-order valence-corrected chi connectivity index (χ2v) is 7.08. The Morgan fingerprint density at radius 3 is 2.57 bits per heavy atom. The van der Waals surface area contributed by atoms with Crippen molar-refractivity contribution in [2.24, 2.45) is 5.92 Å². The lowest BCUT2D eigenvalue weighted by molar-refractivity contribution is 0.122. The van der Waals surface area contributed by atoms with Crippen molar-refractivity contribution < 1.29 is 0 Å². The lowest BCUT2D eigenvalue weighted by Crippen LogP contribution is -2.39. The maximum absolute atomic E-state index is 3.53. The van der Waals surface area contributed by atoms with Gasteiger partial charge in [0.1, 0.15) is 0 Å². The van der Waals surface area contributed by atoms with Crippen molar-refractivity contribution in [2.75, 3.05) is 13.1 Å². The summed E-state index contributed by atoms with van der Waals surface area (Å²) in [7, 11) is 0. The molecule has 0 saturated carbocycles. The zero-order chi connectivity index (χ0) is 15.2. The van der Waals surface area contributed by atoms with E-state index in [1.54, 1.807) is 0 Å². The van der Waals surface area contributed by atoms with Gasteiger partial charge in [0.05, 0.1) is 0 Å². The van der Waals surface area contributed by atoms with Crippen molar-refractivity contribution in [3.05, 3.63) is 35.4 Å². The first-order valence-electron chi connectivity index (χ1n) is 8.60. The fraction of sp³-hybridized carbons (Fsp3) is 0.684. The third kappa shape index (κ3) is 5.12. The van der Waals surface area contributed by atoms with Crippen LogP contribution in [0.4, 0.5) is 0 Å². The van der Waals surface area contributed by atoms with Crippen molar-refractivity contribution in [1.82, 2.24) is 10.2 Å². The van der Waals surface area contributed by atoms with Crippen LogP contribution < -0.4 is 5.32 Å². The van der Waals surface area contributed by atoms with Gasteiger partial charge in [-0.2, -0.15) is 0 Å². The van der Waals surface area contributed by atoms with Crippen molar-refractivity contribution in [3.63, 3.8) is 0 Å². The molecule has 2 atom stereocenters. The highest BCUT2D eigenvalue weighted by atomic mass is 15.2. The van der Waals surface area contributed by atoms with E-state index >= 15 is 0 Å². The summed E-state index contributed by atoms with van der Waals surface area (Å²) >= 11 is 0. The molecule has 21 heavy (non-hydrogen) atoms. The molecule has 0 bridgehead atoms. The normalized spacial score (nSPS) is 23.7. The molecule has 1 aliphatic heterocycles. The fourth-order valence-electron chi connectivity index (χ4n) is 3.36. The van der Waals surface area contributed by atoms with Crippen LogP contribution >= 0.6 is 0 Å². The van der Waals surface area contributed by atoms with Gasteiger partial charge in [0, 0.05) is 18.6 Å². The number of piperidine rings is 1. The molecule has 1 saturated heterocycles. The molecule has 0 radical (unpaired) electrons. The zero-order valence-corrected chi connectivity index (χ0v) is 14.2. The van der Waals surface area contributed by atoms with Gasteiger partial charge in [-0.25, -0.2) is 0 Å². The number of hydrogen-bond acceptors (Lipinski definition) is 2. The lowest BCUT2D eigenvalue weighted by atomic mass is 9.92. The van der Waals surface area contributed by atoms with Crippen LogP contribution in [0.15, 0.2) is 24.3 Å². The van der Waals surface area contributed by atoms with Crippen LogP contribution in [0.25, 0.3) is 0 Å². The number of likely N-dealkylation sites (tertiary alicyclic amines) is 1. The van der Waals surface area contributed by atoms with E-state index in [1.165, 1.54) is 30.5 Å².